The smallest absolute Gasteiger partial charge is 0.412 e. The summed E-state index contributed by atoms with van der Waals surface area (Å²) in [7, 11) is -1.17. The number of nitrogens with zero attached hydrogens (tertiary/aromatic N) is 3. The van der Waals surface area contributed by atoms with Crippen LogP contribution >= 0.6 is 8.60 Å². The van der Waals surface area contributed by atoms with E-state index in [1.54, 1.807) is 26.0 Å². The molecule has 1 aromatic heterocycles. The van der Waals surface area contributed by atoms with Crippen LogP contribution in [0.2, 0.25) is 0 Å². The van der Waals surface area contributed by atoms with Gasteiger partial charge in [0.05, 0.1) is 6.54 Å². The van der Waals surface area contributed by atoms with Crippen LogP contribution in [0.4, 0.5) is 10.6 Å². The Morgan fingerprint density at radius 3 is 2.38 bits per heavy atom. The van der Waals surface area contributed by atoms with E-state index in [1.807, 2.05) is 13.8 Å². The van der Waals surface area contributed by atoms with E-state index in [2.05, 4.69) is 14.2 Å². The van der Waals surface area contributed by atoms with Crippen LogP contribution < -0.4 is 4.90 Å². The topological polar surface area (TPSA) is 150 Å². The second kappa shape index (κ2) is 13.8. The van der Waals surface area contributed by atoms with Gasteiger partial charge in [-0.2, -0.15) is 0 Å². The molecular formula is C17H28N3O8P. The molecule has 0 aliphatic carbocycles. The summed E-state index contributed by atoms with van der Waals surface area (Å²) in [5.41, 5.74) is 0.430. The number of hydrogen-bond acceptors (Lipinski definition) is 8. The third-order valence-electron chi connectivity index (χ3n) is 3.31. The third kappa shape index (κ3) is 9.62. The Kier molecular flexibility index (Phi) is 12.7. The second-order valence-corrected chi connectivity index (χ2v) is 6.46. The summed E-state index contributed by atoms with van der Waals surface area (Å²) in [5.74, 6) is -1.48. The first-order chi connectivity index (χ1) is 13.6. The van der Waals surface area contributed by atoms with Gasteiger partial charge in [-0.05, 0) is 6.07 Å². The molecule has 0 aliphatic rings. The molecule has 1 heterocycles. The minimum absolute atomic E-state index is 0.197. The Hall–Kier alpha value is -2.33. The van der Waals surface area contributed by atoms with E-state index in [4.69, 9.17) is 14.9 Å². The maximum Gasteiger partial charge on any atom is 0.412 e. The summed E-state index contributed by atoms with van der Waals surface area (Å²) in [6.45, 7) is 5.83. The highest BCUT2D eigenvalue weighted by molar-refractivity contribution is 7.39. The van der Waals surface area contributed by atoms with E-state index in [1.165, 1.54) is 18.1 Å². The predicted molar refractivity (Wildman–Crippen MR) is 106 cm³/mol. The molecule has 0 radical (unpaired) electrons. The molecule has 0 atom stereocenters. The van der Waals surface area contributed by atoms with Crippen LogP contribution in [0.25, 0.3) is 0 Å². The normalized spacial score (nSPS) is 10.2. The van der Waals surface area contributed by atoms with E-state index in [-0.39, 0.29) is 24.2 Å². The second-order valence-electron chi connectivity index (χ2n) is 5.70. The fraction of sp³-hybridized carbons (Fsp3) is 0.529. The standard InChI is InChI=1S/C15H22N3O8P.C2H6/c1-10(2)14(21)17(3)13-11(5-4-6-16-13)7-18(8-12(19)20)15(22)25-9-26-27(23)24;1-2/h4-6,10,23-24H,7-9H2,1-3H3,(H,19,20);1-2H3. The van der Waals surface area contributed by atoms with Crippen LogP contribution in [-0.2, 0) is 25.4 Å². The lowest BCUT2D eigenvalue weighted by molar-refractivity contribution is -0.138. The molecule has 0 fully saturated rings. The molecule has 1 aromatic rings. The fourth-order valence-electron chi connectivity index (χ4n) is 2.12. The number of aromatic nitrogens is 1. The molecule has 0 saturated heterocycles. The minimum Gasteiger partial charge on any atom is -0.480 e. The van der Waals surface area contributed by atoms with Gasteiger partial charge in [0, 0.05) is 24.7 Å². The van der Waals surface area contributed by atoms with Gasteiger partial charge in [0.2, 0.25) is 12.7 Å². The lowest BCUT2D eigenvalue weighted by Gasteiger charge is -2.25. The molecule has 0 aliphatic heterocycles. The highest BCUT2D eigenvalue weighted by Gasteiger charge is 2.24. The summed E-state index contributed by atoms with van der Waals surface area (Å²) < 4.78 is 9.00. The van der Waals surface area contributed by atoms with Crippen molar-refractivity contribution in [2.75, 3.05) is 25.3 Å². The van der Waals surface area contributed by atoms with Crippen molar-refractivity contribution in [2.24, 2.45) is 5.92 Å². The quantitative estimate of drug-likeness (QED) is 0.392. The number of carbonyl (C=O) groups is 3. The van der Waals surface area contributed by atoms with Gasteiger partial charge in [-0.3, -0.25) is 23.9 Å². The number of aliphatic carboxylic acids is 1. The van der Waals surface area contributed by atoms with Crippen molar-refractivity contribution in [1.82, 2.24) is 9.88 Å². The maximum absolute atomic E-state index is 12.2. The van der Waals surface area contributed by atoms with Crippen molar-refractivity contribution < 1.29 is 38.5 Å². The molecular weight excluding hydrogens is 405 g/mol. The summed E-state index contributed by atoms with van der Waals surface area (Å²) in [6, 6.07) is 3.19. The molecule has 29 heavy (non-hydrogen) atoms. The minimum atomic E-state index is -2.71. The Morgan fingerprint density at radius 2 is 1.86 bits per heavy atom. The van der Waals surface area contributed by atoms with Gasteiger partial charge in [-0.15, -0.1) is 0 Å². The third-order valence-corrected chi connectivity index (χ3v) is 3.64. The van der Waals surface area contributed by atoms with Gasteiger partial charge in [0.15, 0.2) is 0 Å². The SMILES string of the molecule is CC.CC(C)C(=O)N(C)c1ncccc1CN(CC(=O)O)C(=O)OCOP(O)O. The van der Waals surface area contributed by atoms with E-state index in [9.17, 15) is 14.4 Å². The number of ether oxygens (including phenoxy) is 1. The molecule has 3 N–H and O–H groups in total. The number of hydrogen-bond donors (Lipinski definition) is 3. The zero-order valence-electron chi connectivity index (χ0n) is 17.1. The number of carbonyl (C=O) groups excluding carboxylic acids is 2. The Balaban J connectivity index is 0.00000379. The van der Waals surface area contributed by atoms with E-state index >= 15 is 0 Å². The average molecular weight is 433 g/mol. The van der Waals surface area contributed by atoms with Gasteiger partial charge in [0.1, 0.15) is 12.4 Å². The first kappa shape index (κ1) is 26.7. The number of carboxylic acid groups (broad SMARTS) is 1. The number of rotatable bonds is 9. The van der Waals surface area contributed by atoms with Crippen molar-refractivity contribution >= 4 is 32.4 Å². The molecule has 0 aromatic carbocycles. The highest BCUT2D eigenvalue weighted by Crippen LogP contribution is 2.24. The number of amides is 2. The largest absolute Gasteiger partial charge is 0.480 e. The van der Waals surface area contributed by atoms with Crippen LogP contribution in [0.15, 0.2) is 18.3 Å². The summed E-state index contributed by atoms with van der Waals surface area (Å²) in [4.78, 5) is 59.0. The Labute approximate surface area is 170 Å². The van der Waals surface area contributed by atoms with E-state index in [0.717, 1.165) is 4.90 Å². The van der Waals surface area contributed by atoms with Gasteiger partial charge in [-0.1, -0.05) is 33.8 Å². The Bertz CT molecular complexity index is 672. The van der Waals surface area contributed by atoms with Crippen LogP contribution in [0.3, 0.4) is 0 Å². The predicted octanol–water partition coefficient (Wildman–Crippen LogP) is 1.94. The molecule has 1 rings (SSSR count). The molecule has 2 amide bonds. The van der Waals surface area contributed by atoms with Crippen LogP contribution in [0.5, 0.6) is 0 Å². The number of pyridine rings is 1. The highest BCUT2D eigenvalue weighted by atomic mass is 31.2. The fourth-order valence-corrected chi connectivity index (χ4v) is 2.26. The zero-order valence-corrected chi connectivity index (χ0v) is 18.0. The van der Waals surface area contributed by atoms with Crippen molar-refractivity contribution in [3.05, 3.63) is 23.9 Å². The summed E-state index contributed by atoms with van der Waals surface area (Å²) in [6.07, 6.45) is 0.434. The molecule has 0 spiro atoms. The van der Waals surface area contributed by atoms with Crippen LogP contribution in [-0.4, -0.2) is 63.1 Å². The molecule has 0 bridgehead atoms. The molecule has 0 unspecified atom stereocenters. The summed E-state index contributed by atoms with van der Waals surface area (Å²) >= 11 is 0. The van der Waals surface area contributed by atoms with Crippen molar-refractivity contribution in [3.63, 3.8) is 0 Å². The molecule has 12 heteroatoms. The van der Waals surface area contributed by atoms with Gasteiger partial charge < -0.3 is 19.6 Å². The Morgan fingerprint density at radius 1 is 1.24 bits per heavy atom. The molecule has 0 saturated carbocycles. The number of carboxylic acids is 1. The van der Waals surface area contributed by atoms with Gasteiger partial charge >= 0.3 is 20.7 Å². The van der Waals surface area contributed by atoms with Crippen LogP contribution in [0, 0.1) is 5.92 Å². The monoisotopic (exact) mass is 433 g/mol. The first-order valence-corrected chi connectivity index (χ1v) is 9.95. The van der Waals surface area contributed by atoms with Gasteiger partial charge in [0.25, 0.3) is 0 Å². The van der Waals surface area contributed by atoms with Gasteiger partial charge in [-0.25, -0.2) is 9.78 Å². The van der Waals surface area contributed by atoms with Crippen molar-refractivity contribution in [3.8, 4) is 0 Å². The lowest BCUT2D eigenvalue weighted by Crippen LogP contribution is -2.37. The van der Waals surface area contributed by atoms with Crippen molar-refractivity contribution in [1.29, 1.82) is 0 Å². The molecule has 11 nitrogen and oxygen atoms in total. The van der Waals surface area contributed by atoms with Crippen molar-refractivity contribution in [2.45, 2.75) is 34.2 Å². The summed E-state index contributed by atoms with van der Waals surface area (Å²) in [5, 5.41) is 9.03. The van der Waals surface area contributed by atoms with E-state index < -0.39 is 34.0 Å². The molecule has 164 valence electrons. The van der Waals surface area contributed by atoms with E-state index in [0.29, 0.717) is 5.56 Å². The first-order valence-electron chi connectivity index (χ1n) is 8.79. The van der Waals surface area contributed by atoms with Crippen LogP contribution in [0.1, 0.15) is 33.3 Å². The lowest BCUT2D eigenvalue weighted by atomic mass is 10.1. The number of anilines is 1. The zero-order chi connectivity index (χ0) is 22.6. The maximum atomic E-state index is 12.2. The average Bonchev–Trinajstić information content (AvgIpc) is 2.67.